The zero-order valence-corrected chi connectivity index (χ0v) is 14.3. The van der Waals surface area contributed by atoms with Gasteiger partial charge in [-0.25, -0.2) is 4.79 Å². The molecular weight excluding hydrogens is 356 g/mol. The summed E-state index contributed by atoms with van der Waals surface area (Å²) in [4.78, 5) is 11.4. The summed E-state index contributed by atoms with van der Waals surface area (Å²) >= 11 is 0. The van der Waals surface area contributed by atoms with E-state index in [4.69, 9.17) is 0 Å². The molecule has 4 rings (SSSR count). The lowest BCUT2D eigenvalue weighted by molar-refractivity contribution is 0.0696. The van der Waals surface area contributed by atoms with Gasteiger partial charge in [0.25, 0.3) is 10.0 Å². The highest BCUT2D eigenvalue weighted by Gasteiger charge is 2.35. The molecule has 0 aliphatic carbocycles. The number of anilines is 1. The highest BCUT2D eigenvalue weighted by Crippen LogP contribution is 2.35. The molecule has 0 spiro atoms. The monoisotopic (exact) mass is 370 g/mol. The second-order valence-corrected chi connectivity index (χ2v) is 7.56. The average Bonchev–Trinajstić information content (AvgIpc) is 3.29. The first kappa shape index (κ1) is 16.3. The molecule has 0 bridgehead atoms. The number of benzene rings is 2. The van der Waals surface area contributed by atoms with Crippen LogP contribution in [-0.4, -0.2) is 41.0 Å². The molecule has 132 valence electrons. The first-order chi connectivity index (χ1) is 12.5. The number of rotatable bonds is 4. The van der Waals surface area contributed by atoms with Gasteiger partial charge >= 0.3 is 5.97 Å². The smallest absolute Gasteiger partial charge is 0.336 e. The van der Waals surface area contributed by atoms with Crippen molar-refractivity contribution in [3.05, 3.63) is 65.9 Å². The Morgan fingerprint density at radius 1 is 1.08 bits per heavy atom. The minimum absolute atomic E-state index is 0.0720. The van der Waals surface area contributed by atoms with Gasteiger partial charge in [0.05, 0.1) is 23.1 Å². The number of aromatic nitrogens is 3. The van der Waals surface area contributed by atoms with Crippen LogP contribution in [0.25, 0.3) is 5.69 Å². The van der Waals surface area contributed by atoms with E-state index < -0.39 is 16.0 Å². The lowest BCUT2D eigenvalue weighted by Gasteiger charge is -2.19. The predicted octanol–water partition coefficient (Wildman–Crippen LogP) is 1.72. The van der Waals surface area contributed by atoms with E-state index in [1.54, 1.807) is 36.4 Å². The van der Waals surface area contributed by atoms with Crippen molar-refractivity contribution in [2.45, 2.75) is 11.4 Å². The Morgan fingerprint density at radius 2 is 1.85 bits per heavy atom. The predicted molar refractivity (Wildman–Crippen MR) is 93.0 cm³/mol. The van der Waals surface area contributed by atoms with Gasteiger partial charge in [-0.3, -0.25) is 4.31 Å². The van der Waals surface area contributed by atoms with Crippen LogP contribution in [0.2, 0.25) is 0 Å². The molecule has 26 heavy (non-hydrogen) atoms. The van der Waals surface area contributed by atoms with E-state index in [9.17, 15) is 18.3 Å². The minimum atomic E-state index is -3.95. The topological polar surface area (TPSA) is 105 Å². The van der Waals surface area contributed by atoms with E-state index in [0.717, 1.165) is 0 Å². The van der Waals surface area contributed by atoms with E-state index >= 15 is 0 Å². The Bertz CT molecular complexity index is 1090. The number of para-hydroxylation sites is 1. The first-order valence-corrected chi connectivity index (χ1v) is 9.28. The Hall–Kier alpha value is -3.20. The lowest BCUT2D eigenvalue weighted by Crippen LogP contribution is -2.30. The Labute approximate surface area is 149 Å². The normalized spacial score (nSPS) is 13.6. The summed E-state index contributed by atoms with van der Waals surface area (Å²) in [5.41, 5.74) is 1.59. The zero-order chi connectivity index (χ0) is 18.3. The maximum Gasteiger partial charge on any atom is 0.336 e. The largest absolute Gasteiger partial charge is 0.478 e. The number of hydrogen-bond donors (Lipinski definition) is 1. The van der Waals surface area contributed by atoms with Crippen molar-refractivity contribution in [1.29, 1.82) is 0 Å². The number of nitrogens with zero attached hydrogens (tertiary/aromatic N) is 4. The van der Waals surface area contributed by atoms with Crippen molar-refractivity contribution in [3.63, 3.8) is 0 Å². The maximum absolute atomic E-state index is 13.2. The van der Waals surface area contributed by atoms with Crippen LogP contribution in [0.1, 0.15) is 15.9 Å². The molecular formula is C17H14N4O4S. The van der Waals surface area contributed by atoms with Crippen LogP contribution in [0, 0.1) is 0 Å². The standard InChI is InChI=1S/C17H14N4O4S/c22-17(23)14-7-4-8-15-13(14)9-10-20(15)26(24,25)16-11-18-19-21(16)12-5-2-1-3-6-12/h1-8,11H,9-10H2,(H,22,23). The van der Waals surface area contributed by atoms with Crippen LogP contribution in [0.15, 0.2) is 59.8 Å². The third-order valence-electron chi connectivity index (χ3n) is 4.29. The quantitative estimate of drug-likeness (QED) is 0.750. The van der Waals surface area contributed by atoms with E-state index in [2.05, 4.69) is 10.3 Å². The number of hydrogen-bond acceptors (Lipinski definition) is 5. The number of sulfonamides is 1. The van der Waals surface area contributed by atoms with E-state index in [1.807, 2.05) is 6.07 Å². The van der Waals surface area contributed by atoms with E-state index in [-0.39, 0.29) is 17.1 Å². The second kappa shape index (κ2) is 5.95. The fourth-order valence-corrected chi connectivity index (χ4v) is 4.65. The van der Waals surface area contributed by atoms with E-state index in [0.29, 0.717) is 23.4 Å². The molecule has 2 aromatic carbocycles. The van der Waals surface area contributed by atoms with Crippen molar-refractivity contribution in [2.75, 3.05) is 10.8 Å². The minimum Gasteiger partial charge on any atom is -0.478 e. The van der Waals surface area contributed by atoms with Gasteiger partial charge in [0.15, 0.2) is 5.03 Å². The highest BCUT2D eigenvalue weighted by molar-refractivity contribution is 7.92. The summed E-state index contributed by atoms with van der Waals surface area (Å²) in [6.07, 6.45) is 1.53. The maximum atomic E-state index is 13.2. The molecule has 1 aromatic heterocycles. The van der Waals surface area contributed by atoms with Gasteiger partial charge in [0.2, 0.25) is 0 Å². The van der Waals surface area contributed by atoms with Gasteiger partial charge in [-0.05, 0) is 36.2 Å². The van der Waals surface area contributed by atoms with Crippen molar-refractivity contribution < 1.29 is 18.3 Å². The van der Waals surface area contributed by atoms with Crippen LogP contribution in [-0.2, 0) is 16.4 Å². The van der Waals surface area contributed by atoms with Crippen molar-refractivity contribution >= 4 is 21.7 Å². The number of carboxylic acids is 1. The van der Waals surface area contributed by atoms with Crippen LogP contribution in [0.3, 0.4) is 0 Å². The van der Waals surface area contributed by atoms with Gasteiger partial charge in [-0.15, -0.1) is 5.10 Å². The first-order valence-electron chi connectivity index (χ1n) is 7.84. The molecule has 1 N–H and O–H groups in total. The number of carbonyl (C=O) groups is 1. The Morgan fingerprint density at radius 3 is 2.58 bits per heavy atom. The summed E-state index contributed by atoms with van der Waals surface area (Å²) in [6.45, 7) is 0.169. The summed E-state index contributed by atoms with van der Waals surface area (Å²) in [5.74, 6) is -1.07. The van der Waals surface area contributed by atoms with Gasteiger partial charge < -0.3 is 5.11 Å². The van der Waals surface area contributed by atoms with Crippen molar-refractivity contribution in [2.24, 2.45) is 0 Å². The molecule has 0 saturated heterocycles. The second-order valence-electron chi connectivity index (χ2n) is 5.76. The fraction of sp³-hybridized carbons (Fsp3) is 0.118. The number of aromatic carboxylic acids is 1. The van der Waals surface area contributed by atoms with Crippen LogP contribution < -0.4 is 4.31 Å². The van der Waals surface area contributed by atoms with Crippen LogP contribution in [0.5, 0.6) is 0 Å². The fourth-order valence-electron chi connectivity index (χ4n) is 3.12. The molecule has 1 aliphatic heterocycles. The van der Waals surface area contributed by atoms with Crippen LogP contribution in [0.4, 0.5) is 5.69 Å². The van der Waals surface area contributed by atoms with Gasteiger partial charge in [0, 0.05) is 6.54 Å². The van der Waals surface area contributed by atoms with Gasteiger partial charge in [-0.1, -0.05) is 29.5 Å². The van der Waals surface area contributed by atoms with Crippen molar-refractivity contribution in [1.82, 2.24) is 15.0 Å². The summed E-state index contributed by atoms with van der Waals surface area (Å²) < 4.78 is 28.9. The molecule has 1 aliphatic rings. The molecule has 2 heterocycles. The average molecular weight is 370 g/mol. The highest BCUT2D eigenvalue weighted by atomic mass is 32.2. The molecule has 9 heteroatoms. The van der Waals surface area contributed by atoms with E-state index in [1.165, 1.54) is 21.3 Å². The van der Waals surface area contributed by atoms with Gasteiger partial charge in [-0.2, -0.15) is 13.1 Å². The number of fused-ring (bicyclic) bond motifs is 1. The molecule has 0 unspecified atom stereocenters. The zero-order valence-electron chi connectivity index (χ0n) is 13.5. The molecule has 0 radical (unpaired) electrons. The molecule has 8 nitrogen and oxygen atoms in total. The molecule has 0 amide bonds. The third kappa shape index (κ3) is 2.44. The molecule has 0 saturated carbocycles. The van der Waals surface area contributed by atoms with Crippen LogP contribution >= 0.6 is 0 Å². The molecule has 3 aromatic rings. The molecule has 0 atom stereocenters. The Kier molecular flexibility index (Phi) is 3.73. The summed E-state index contributed by atoms with van der Waals surface area (Å²) in [7, 11) is -3.95. The summed E-state index contributed by atoms with van der Waals surface area (Å²) in [6, 6.07) is 13.5. The SMILES string of the molecule is O=C(O)c1cccc2c1CCN2S(=O)(=O)c1cnnn1-c1ccccc1. The number of carboxylic acid groups (broad SMARTS) is 1. The Balaban J connectivity index is 1.82. The third-order valence-corrected chi connectivity index (χ3v) is 6.05. The summed E-state index contributed by atoms with van der Waals surface area (Å²) in [5, 5.41) is 16.9. The van der Waals surface area contributed by atoms with Crippen molar-refractivity contribution in [3.8, 4) is 5.69 Å². The van der Waals surface area contributed by atoms with Gasteiger partial charge in [0.1, 0.15) is 0 Å². The lowest BCUT2D eigenvalue weighted by atomic mass is 10.1. The molecule has 0 fully saturated rings.